The number of aromatic nitrogens is 2. The summed E-state index contributed by atoms with van der Waals surface area (Å²) in [6.45, 7) is 3.01. The van der Waals surface area contributed by atoms with E-state index in [1.165, 1.54) is 16.8 Å². The van der Waals surface area contributed by atoms with E-state index < -0.39 is 0 Å². The molecule has 3 aliphatic heterocycles. The van der Waals surface area contributed by atoms with Crippen LogP contribution in [0.25, 0.3) is 5.69 Å². The molecule has 1 unspecified atom stereocenters. The lowest BCUT2D eigenvalue weighted by atomic mass is 9.91. The number of fused-ring (bicyclic) bond motifs is 4. The van der Waals surface area contributed by atoms with Gasteiger partial charge in [0.1, 0.15) is 5.76 Å². The Morgan fingerprint density at radius 3 is 2.73 bits per heavy atom. The smallest absolute Gasteiger partial charge is 0.152 e. The van der Waals surface area contributed by atoms with Crippen LogP contribution < -0.4 is 4.90 Å². The van der Waals surface area contributed by atoms with E-state index in [-0.39, 0.29) is 5.60 Å². The number of nitrogens with zero attached hydrogens (tertiary/aromatic N) is 3. The highest BCUT2D eigenvalue weighted by molar-refractivity contribution is 5.67. The average Bonchev–Trinajstić information content (AvgIpc) is 3.29. The lowest BCUT2D eigenvalue weighted by molar-refractivity contribution is 0.139. The Morgan fingerprint density at radius 1 is 1.18 bits per heavy atom. The quantitative estimate of drug-likeness (QED) is 0.850. The highest BCUT2D eigenvalue weighted by Gasteiger charge is 2.46. The van der Waals surface area contributed by atoms with Gasteiger partial charge < -0.3 is 14.2 Å². The SMILES string of the molecule is CC12C=CC(=C3CN(c4ccc(-n5ccnc5)cc4)C=C31)O2. The second-order valence-electron chi connectivity index (χ2n) is 6.04. The van der Waals surface area contributed by atoms with Gasteiger partial charge in [-0.2, -0.15) is 0 Å². The first-order valence-corrected chi connectivity index (χ1v) is 7.42. The number of imidazole rings is 1. The Hall–Kier alpha value is -2.75. The van der Waals surface area contributed by atoms with Crippen LogP contribution in [0.1, 0.15) is 6.92 Å². The van der Waals surface area contributed by atoms with Crippen LogP contribution in [0.2, 0.25) is 0 Å². The predicted molar refractivity (Wildman–Crippen MR) is 84.6 cm³/mol. The summed E-state index contributed by atoms with van der Waals surface area (Å²) in [6, 6.07) is 8.54. The largest absolute Gasteiger partial charge is 0.478 e. The van der Waals surface area contributed by atoms with Crippen LogP contribution in [0.5, 0.6) is 0 Å². The molecule has 108 valence electrons. The van der Waals surface area contributed by atoms with E-state index in [1.807, 2.05) is 17.1 Å². The van der Waals surface area contributed by atoms with E-state index in [1.54, 1.807) is 6.20 Å². The lowest BCUT2D eigenvalue weighted by Gasteiger charge is -2.19. The van der Waals surface area contributed by atoms with Crippen molar-refractivity contribution in [1.82, 2.24) is 9.55 Å². The van der Waals surface area contributed by atoms with Gasteiger partial charge in [0.15, 0.2) is 5.60 Å². The van der Waals surface area contributed by atoms with Gasteiger partial charge in [0.2, 0.25) is 0 Å². The molecule has 0 saturated heterocycles. The molecule has 22 heavy (non-hydrogen) atoms. The van der Waals surface area contributed by atoms with Crippen LogP contribution in [0, 0.1) is 0 Å². The van der Waals surface area contributed by atoms with Crippen LogP contribution in [0.4, 0.5) is 5.69 Å². The van der Waals surface area contributed by atoms with E-state index in [0.29, 0.717) is 0 Å². The summed E-state index contributed by atoms with van der Waals surface area (Å²) in [4.78, 5) is 6.37. The number of hydrogen-bond acceptors (Lipinski definition) is 3. The van der Waals surface area contributed by atoms with E-state index in [4.69, 9.17) is 4.74 Å². The third-order valence-corrected chi connectivity index (χ3v) is 4.63. The minimum absolute atomic E-state index is 0.254. The summed E-state index contributed by atoms with van der Waals surface area (Å²) in [5.41, 5.74) is 4.68. The molecule has 5 rings (SSSR count). The maximum atomic E-state index is 5.94. The number of rotatable bonds is 2. The Morgan fingerprint density at radius 2 is 2.00 bits per heavy atom. The zero-order valence-electron chi connectivity index (χ0n) is 12.2. The summed E-state index contributed by atoms with van der Waals surface area (Å²) in [6.07, 6.45) is 12.0. The maximum Gasteiger partial charge on any atom is 0.152 e. The van der Waals surface area contributed by atoms with E-state index in [0.717, 1.165) is 18.0 Å². The normalized spacial score (nSPS) is 24.8. The summed E-state index contributed by atoms with van der Waals surface area (Å²) in [5.74, 6) is 1.03. The fraction of sp³-hybridized carbons (Fsp3) is 0.167. The third-order valence-electron chi connectivity index (χ3n) is 4.63. The molecule has 0 aliphatic carbocycles. The van der Waals surface area contributed by atoms with Crippen molar-refractivity contribution >= 4 is 5.69 Å². The molecule has 0 spiro atoms. The highest BCUT2D eigenvalue weighted by Crippen LogP contribution is 2.48. The predicted octanol–water partition coefficient (Wildman–Crippen LogP) is 3.19. The molecule has 0 radical (unpaired) electrons. The number of benzene rings is 1. The van der Waals surface area contributed by atoms with E-state index in [2.05, 4.69) is 59.4 Å². The molecule has 2 bridgehead atoms. The van der Waals surface area contributed by atoms with Crippen LogP contribution in [0.15, 0.2) is 78.2 Å². The molecule has 0 N–H and O–H groups in total. The van der Waals surface area contributed by atoms with Crippen molar-refractivity contribution in [3.05, 3.63) is 78.2 Å². The molecule has 4 nitrogen and oxygen atoms in total. The van der Waals surface area contributed by atoms with Gasteiger partial charge in [-0.3, -0.25) is 0 Å². The molecule has 4 heteroatoms. The molecule has 1 atom stereocenters. The zero-order chi connectivity index (χ0) is 14.7. The van der Waals surface area contributed by atoms with Gasteiger partial charge in [0.25, 0.3) is 0 Å². The first-order chi connectivity index (χ1) is 10.7. The first-order valence-electron chi connectivity index (χ1n) is 7.42. The molecule has 1 aromatic heterocycles. The van der Waals surface area contributed by atoms with Gasteiger partial charge >= 0.3 is 0 Å². The topological polar surface area (TPSA) is 30.3 Å². The molecular weight excluding hydrogens is 274 g/mol. The maximum absolute atomic E-state index is 5.94. The Labute approximate surface area is 128 Å². The molecule has 3 aliphatic rings. The van der Waals surface area contributed by atoms with Crippen molar-refractivity contribution in [2.45, 2.75) is 12.5 Å². The average molecular weight is 289 g/mol. The van der Waals surface area contributed by atoms with Gasteiger partial charge in [0, 0.05) is 41.1 Å². The van der Waals surface area contributed by atoms with Crippen molar-refractivity contribution in [1.29, 1.82) is 0 Å². The van der Waals surface area contributed by atoms with Gasteiger partial charge in [-0.25, -0.2) is 4.98 Å². The van der Waals surface area contributed by atoms with Crippen molar-refractivity contribution in [2.24, 2.45) is 0 Å². The van der Waals surface area contributed by atoms with Crippen LogP contribution in [0.3, 0.4) is 0 Å². The molecule has 0 amide bonds. The van der Waals surface area contributed by atoms with Crippen molar-refractivity contribution in [3.8, 4) is 5.69 Å². The molecule has 2 aromatic rings. The fourth-order valence-corrected chi connectivity index (χ4v) is 3.41. The van der Waals surface area contributed by atoms with E-state index in [9.17, 15) is 0 Å². The summed E-state index contributed by atoms with van der Waals surface area (Å²) in [5, 5.41) is 0. The van der Waals surface area contributed by atoms with Gasteiger partial charge in [-0.1, -0.05) is 0 Å². The van der Waals surface area contributed by atoms with Crippen LogP contribution >= 0.6 is 0 Å². The van der Waals surface area contributed by atoms with Crippen LogP contribution in [-0.4, -0.2) is 21.7 Å². The second kappa shape index (κ2) is 3.91. The first kappa shape index (κ1) is 11.9. The highest BCUT2D eigenvalue weighted by atomic mass is 16.5. The summed E-state index contributed by atoms with van der Waals surface area (Å²) >= 11 is 0. The lowest BCUT2D eigenvalue weighted by Crippen LogP contribution is -2.20. The molecular formula is C18H15N3O. The zero-order valence-corrected chi connectivity index (χ0v) is 12.2. The second-order valence-corrected chi connectivity index (χ2v) is 6.04. The third kappa shape index (κ3) is 1.49. The Bertz CT molecular complexity index is 843. The van der Waals surface area contributed by atoms with Gasteiger partial charge in [-0.05, 0) is 43.3 Å². The minimum atomic E-state index is -0.254. The Balaban J connectivity index is 1.47. The van der Waals surface area contributed by atoms with Gasteiger partial charge in [-0.15, -0.1) is 0 Å². The fourth-order valence-electron chi connectivity index (χ4n) is 3.41. The van der Waals surface area contributed by atoms with Crippen molar-refractivity contribution in [2.75, 3.05) is 11.4 Å². The molecule has 4 heterocycles. The molecule has 0 saturated carbocycles. The standard InChI is InChI=1S/C18H15N3O/c1-18-7-6-17(22-18)15-10-21(11-16(15)18)14-4-2-13(3-5-14)20-9-8-19-12-20/h2-9,11-12H,10H2,1H3. The number of anilines is 1. The summed E-state index contributed by atoms with van der Waals surface area (Å²) in [7, 11) is 0. The van der Waals surface area contributed by atoms with Crippen molar-refractivity contribution in [3.63, 3.8) is 0 Å². The van der Waals surface area contributed by atoms with Gasteiger partial charge in [0.05, 0.1) is 12.9 Å². The monoisotopic (exact) mass is 289 g/mol. The Kier molecular flexibility index (Phi) is 2.11. The molecule has 0 fully saturated rings. The number of allylic oxidation sites excluding steroid dienone is 1. The number of ether oxygens (including phenoxy) is 1. The van der Waals surface area contributed by atoms with Crippen LogP contribution in [-0.2, 0) is 4.74 Å². The summed E-state index contributed by atoms with van der Waals surface area (Å²) < 4.78 is 7.95. The molecule has 1 aromatic carbocycles. The number of hydrogen-bond donors (Lipinski definition) is 0. The van der Waals surface area contributed by atoms with E-state index >= 15 is 0 Å². The minimum Gasteiger partial charge on any atom is -0.478 e. The van der Waals surface area contributed by atoms with Crippen molar-refractivity contribution < 1.29 is 4.74 Å².